The van der Waals surface area contributed by atoms with Crippen LogP contribution in [0.2, 0.25) is 0 Å². The molecule has 0 aromatic heterocycles. The van der Waals surface area contributed by atoms with E-state index in [1.807, 2.05) is 0 Å². The average molecular weight is 98.0 g/mol. The van der Waals surface area contributed by atoms with E-state index in [0.717, 1.165) is 6.42 Å². The lowest BCUT2D eigenvalue weighted by molar-refractivity contribution is 0.335. The van der Waals surface area contributed by atoms with E-state index in [0.29, 0.717) is 6.61 Å². The van der Waals surface area contributed by atoms with Crippen LogP contribution in [-0.4, -0.2) is 14.7 Å². The largest absolute Gasteiger partial charge is 0.702 e. The molecule has 41 valence electrons. The highest BCUT2D eigenvalue weighted by Crippen LogP contribution is 1.91. The van der Waals surface area contributed by atoms with E-state index >= 15 is 0 Å². The van der Waals surface area contributed by atoms with Gasteiger partial charge in [-0.15, -0.1) is 0 Å². The van der Waals surface area contributed by atoms with Gasteiger partial charge >= 0.3 is 0 Å². The van der Waals surface area contributed by atoms with Gasteiger partial charge in [-0.2, -0.15) is 0 Å². The molecule has 0 saturated heterocycles. The van der Waals surface area contributed by atoms with Crippen LogP contribution in [0.3, 0.4) is 0 Å². The predicted octanol–water partition coefficient (Wildman–Crippen LogP) is 1.28. The van der Waals surface area contributed by atoms with Gasteiger partial charge in [-0.25, -0.2) is 0 Å². The first kappa shape index (κ1) is 7.02. The Hall–Kier alpha value is 0.0249. The van der Waals surface area contributed by atoms with Crippen LogP contribution in [0.5, 0.6) is 0 Å². The minimum Gasteiger partial charge on any atom is -0.702 e. The Morgan fingerprint density at radius 3 is 2.57 bits per heavy atom. The first-order valence-corrected chi connectivity index (χ1v) is 2.73. The van der Waals surface area contributed by atoms with Crippen LogP contribution in [0, 0.1) is 0 Å². The summed E-state index contributed by atoms with van der Waals surface area (Å²) in [5.41, 5.74) is 0. The Morgan fingerprint density at radius 1 is 1.43 bits per heavy atom. The van der Waals surface area contributed by atoms with E-state index in [4.69, 9.17) is 8.05 Å². The SMILES string of the molecule is [B-]OCCCCC. The Morgan fingerprint density at radius 2 is 2.14 bits per heavy atom. The van der Waals surface area contributed by atoms with Gasteiger partial charge in [0.15, 0.2) is 0 Å². The molecule has 0 bridgehead atoms. The molecule has 0 unspecified atom stereocenters. The second-order valence-corrected chi connectivity index (χ2v) is 1.58. The van der Waals surface area contributed by atoms with E-state index in [1.54, 1.807) is 0 Å². The third kappa shape index (κ3) is 6.02. The highest BCUT2D eigenvalue weighted by atomic mass is 16.4. The standard InChI is InChI=1S/C5H11BO/c1-2-3-4-5-7-6/h2-5H2,1H3/q-1. The average Bonchev–Trinajstić information content (AvgIpc) is 1.69. The smallest absolute Gasteiger partial charge is 0.00784 e. The normalized spacial score (nSPS) is 9.43. The maximum absolute atomic E-state index is 4.77. The number of rotatable bonds is 4. The Labute approximate surface area is 46.5 Å². The lowest BCUT2D eigenvalue weighted by Gasteiger charge is -2.07. The van der Waals surface area contributed by atoms with Crippen molar-refractivity contribution >= 4 is 8.05 Å². The van der Waals surface area contributed by atoms with Crippen molar-refractivity contribution in [2.75, 3.05) is 6.61 Å². The molecule has 0 heterocycles. The molecule has 0 N–H and O–H groups in total. The third-order valence-corrected chi connectivity index (χ3v) is 0.866. The topological polar surface area (TPSA) is 9.23 Å². The number of hydrogen-bond acceptors (Lipinski definition) is 1. The molecule has 0 atom stereocenters. The molecule has 0 saturated carbocycles. The fourth-order valence-electron chi connectivity index (χ4n) is 0.435. The van der Waals surface area contributed by atoms with Crippen molar-refractivity contribution in [3.05, 3.63) is 0 Å². The van der Waals surface area contributed by atoms with Crippen molar-refractivity contribution in [3.8, 4) is 0 Å². The van der Waals surface area contributed by atoms with Gasteiger partial charge in [0.05, 0.1) is 0 Å². The van der Waals surface area contributed by atoms with E-state index < -0.39 is 0 Å². The quantitative estimate of drug-likeness (QED) is 0.380. The summed E-state index contributed by atoms with van der Waals surface area (Å²) in [6.07, 6.45) is 3.54. The van der Waals surface area contributed by atoms with Gasteiger partial charge in [0.1, 0.15) is 0 Å². The van der Waals surface area contributed by atoms with Crippen molar-refractivity contribution in [1.82, 2.24) is 0 Å². The molecule has 2 heteroatoms. The molecule has 0 aliphatic carbocycles. The van der Waals surface area contributed by atoms with E-state index in [1.165, 1.54) is 12.8 Å². The van der Waals surface area contributed by atoms with Gasteiger partial charge < -0.3 is 12.7 Å². The fraction of sp³-hybridized carbons (Fsp3) is 1.00. The zero-order valence-corrected chi connectivity index (χ0v) is 4.81. The van der Waals surface area contributed by atoms with Crippen LogP contribution in [0.4, 0.5) is 0 Å². The van der Waals surface area contributed by atoms with Gasteiger partial charge in [-0.1, -0.05) is 19.8 Å². The molecule has 0 aromatic carbocycles. The molecular formula is C5H11BO-. The van der Waals surface area contributed by atoms with Crippen LogP contribution in [-0.2, 0) is 4.65 Å². The van der Waals surface area contributed by atoms with Crippen molar-refractivity contribution in [2.24, 2.45) is 0 Å². The van der Waals surface area contributed by atoms with Crippen molar-refractivity contribution in [3.63, 3.8) is 0 Å². The van der Waals surface area contributed by atoms with Crippen LogP contribution >= 0.6 is 0 Å². The molecule has 3 radical (unpaired) electrons. The van der Waals surface area contributed by atoms with Crippen molar-refractivity contribution in [1.29, 1.82) is 0 Å². The molecule has 0 amide bonds. The molecule has 0 fully saturated rings. The van der Waals surface area contributed by atoms with Gasteiger partial charge in [-0.05, 0) is 13.0 Å². The summed E-state index contributed by atoms with van der Waals surface area (Å²) >= 11 is 0. The predicted molar refractivity (Wildman–Crippen MR) is 31.2 cm³/mol. The van der Waals surface area contributed by atoms with Crippen LogP contribution in [0.1, 0.15) is 26.2 Å². The van der Waals surface area contributed by atoms with Gasteiger partial charge in [0, 0.05) is 0 Å². The first-order valence-electron chi connectivity index (χ1n) is 2.73. The second kappa shape index (κ2) is 6.02. The molecule has 0 aliphatic rings. The van der Waals surface area contributed by atoms with E-state index in [9.17, 15) is 0 Å². The van der Waals surface area contributed by atoms with Crippen LogP contribution in [0.15, 0.2) is 0 Å². The zero-order chi connectivity index (χ0) is 5.54. The summed E-state index contributed by atoms with van der Waals surface area (Å²) in [5.74, 6) is 0. The summed E-state index contributed by atoms with van der Waals surface area (Å²) in [7, 11) is 4.77. The lowest BCUT2D eigenvalue weighted by atomic mass is 10.3. The number of unbranched alkanes of at least 4 members (excludes halogenated alkanes) is 2. The highest BCUT2D eigenvalue weighted by Gasteiger charge is 1.76. The highest BCUT2D eigenvalue weighted by molar-refractivity contribution is 5.97. The number of hydrogen-bond donors (Lipinski definition) is 0. The Balaban J connectivity index is 2.45. The molecule has 1 nitrogen and oxygen atoms in total. The zero-order valence-electron chi connectivity index (χ0n) is 4.81. The van der Waals surface area contributed by atoms with Gasteiger partial charge in [0.2, 0.25) is 0 Å². The molecule has 0 spiro atoms. The summed E-state index contributed by atoms with van der Waals surface area (Å²) < 4.78 is 4.34. The summed E-state index contributed by atoms with van der Waals surface area (Å²) in [6.45, 7) is 2.85. The van der Waals surface area contributed by atoms with Crippen LogP contribution < -0.4 is 0 Å². The maximum Gasteiger partial charge on any atom is -0.00784 e. The first-order chi connectivity index (χ1) is 3.41. The third-order valence-electron chi connectivity index (χ3n) is 0.866. The Bertz CT molecular complexity index is 27.3. The molecule has 0 rings (SSSR count). The minimum absolute atomic E-state index is 0.702. The molecule has 0 aromatic rings. The summed E-state index contributed by atoms with van der Waals surface area (Å²) in [6, 6.07) is 0. The second-order valence-electron chi connectivity index (χ2n) is 1.58. The summed E-state index contributed by atoms with van der Waals surface area (Å²) in [4.78, 5) is 0. The molecule has 7 heavy (non-hydrogen) atoms. The van der Waals surface area contributed by atoms with E-state index in [-0.39, 0.29) is 0 Å². The van der Waals surface area contributed by atoms with Crippen molar-refractivity contribution in [2.45, 2.75) is 26.2 Å². The Kier molecular flexibility index (Phi) is 6.05. The molecular weight excluding hydrogens is 86.9 g/mol. The maximum atomic E-state index is 4.77. The van der Waals surface area contributed by atoms with Gasteiger partial charge in [0.25, 0.3) is 0 Å². The fourth-order valence-corrected chi connectivity index (χ4v) is 0.435. The minimum atomic E-state index is 0.702. The van der Waals surface area contributed by atoms with Gasteiger partial charge in [-0.3, -0.25) is 0 Å². The monoisotopic (exact) mass is 98.1 g/mol. The molecule has 0 aliphatic heterocycles. The lowest BCUT2D eigenvalue weighted by Crippen LogP contribution is -1.87. The van der Waals surface area contributed by atoms with E-state index in [2.05, 4.69) is 11.6 Å². The summed E-state index contributed by atoms with van der Waals surface area (Å²) in [5, 5.41) is 0. The van der Waals surface area contributed by atoms with Crippen molar-refractivity contribution < 1.29 is 4.65 Å². The van der Waals surface area contributed by atoms with Crippen LogP contribution in [0.25, 0.3) is 0 Å².